The first-order valence-corrected chi connectivity index (χ1v) is 14.3. The molecule has 2 rings (SSSR count). The number of sulfonamides is 1. The lowest BCUT2D eigenvalue weighted by molar-refractivity contribution is -0.140. The molecule has 0 saturated heterocycles. The molecule has 0 fully saturated rings. The van der Waals surface area contributed by atoms with E-state index in [0.717, 1.165) is 24.0 Å². The van der Waals surface area contributed by atoms with Crippen molar-refractivity contribution in [1.29, 1.82) is 0 Å². The second kappa shape index (κ2) is 12.8. The minimum atomic E-state index is -4.83. The Hall–Kier alpha value is -2.79. The van der Waals surface area contributed by atoms with Gasteiger partial charge in [-0.1, -0.05) is 55.3 Å². The average Bonchev–Trinajstić information content (AvgIpc) is 2.81. The molecule has 2 aromatic rings. The highest BCUT2D eigenvalue weighted by molar-refractivity contribution is 7.92. The number of aryl methyl sites for hydroxylation is 1. The van der Waals surface area contributed by atoms with Crippen LogP contribution in [-0.2, 0) is 32.3 Å². The number of hydrogen-bond donors (Lipinski definition) is 1. The fourth-order valence-electron chi connectivity index (χ4n) is 3.87. The molecule has 2 amide bonds. The molecule has 0 aromatic heterocycles. The van der Waals surface area contributed by atoms with Crippen molar-refractivity contribution in [3.8, 4) is 0 Å². The minimum absolute atomic E-state index is 0.00103. The van der Waals surface area contributed by atoms with Gasteiger partial charge in [0.1, 0.15) is 12.6 Å². The van der Waals surface area contributed by atoms with Gasteiger partial charge in [0.05, 0.1) is 22.5 Å². The van der Waals surface area contributed by atoms with E-state index in [4.69, 9.17) is 11.6 Å². The molecule has 2 aromatic carbocycles. The molecule has 0 spiro atoms. The van der Waals surface area contributed by atoms with Crippen molar-refractivity contribution in [2.24, 2.45) is 0 Å². The first-order chi connectivity index (χ1) is 17.6. The smallest absolute Gasteiger partial charge is 0.352 e. The summed E-state index contributed by atoms with van der Waals surface area (Å²) in [6, 6.07) is 8.80. The Morgan fingerprint density at radius 3 is 2.26 bits per heavy atom. The highest BCUT2D eigenvalue weighted by Crippen LogP contribution is 2.37. The lowest BCUT2D eigenvalue weighted by Gasteiger charge is -2.33. The third kappa shape index (κ3) is 8.36. The largest absolute Gasteiger partial charge is 0.417 e. The Morgan fingerprint density at radius 2 is 1.74 bits per heavy atom. The van der Waals surface area contributed by atoms with Gasteiger partial charge in [-0.15, -0.1) is 0 Å². The van der Waals surface area contributed by atoms with Crippen LogP contribution in [0.25, 0.3) is 0 Å². The van der Waals surface area contributed by atoms with E-state index >= 15 is 0 Å². The Morgan fingerprint density at radius 1 is 1.08 bits per heavy atom. The molecule has 210 valence electrons. The number of benzene rings is 2. The van der Waals surface area contributed by atoms with Crippen LogP contribution in [0.1, 0.15) is 50.3 Å². The van der Waals surface area contributed by atoms with Gasteiger partial charge >= 0.3 is 6.18 Å². The Labute approximate surface area is 227 Å². The Kier molecular flexibility index (Phi) is 10.6. The average molecular weight is 576 g/mol. The molecule has 1 N–H and O–H groups in total. The number of anilines is 1. The first kappa shape index (κ1) is 31.4. The maximum absolute atomic E-state index is 13.7. The zero-order chi connectivity index (χ0) is 28.8. The van der Waals surface area contributed by atoms with E-state index in [2.05, 4.69) is 5.32 Å². The molecule has 2 atom stereocenters. The number of nitrogens with one attached hydrogen (secondary N) is 1. The molecule has 0 radical (unpaired) electrons. The second-order valence-corrected chi connectivity index (χ2v) is 11.5. The van der Waals surface area contributed by atoms with E-state index in [-0.39, 0.29) is 24.7 Å². The van der Waals surface area contributed by atoms with Gasteiger partial charge in [-0.2, -0.15) is 13.2 Å². The standard InChI is InChI=1S/C26H33ClF3N3O4S/c1-6-18(4)31-25(35)23(7-2)32(15-19-10-8-9-17(3)13-19)24(34)16-33(38(5,36)37)20-11-12-22(27)21(14-20)26(28,29)30/h8-14,18,23H,6-7,15-16H2,1-5H3,(H,31,35). The molecule has 12 heteroatoms. The monoisotopic (exact) mass is 575 g/mol. The Bertz CT molecular complexity index is 1250. The van der Waals surface area contributed by atoms with Gasteiger partial charge in [-0.3, -0.25) is 13.9 Å². The van der Waals surface area contributed by atoms with Crippen molar-refractivity contribution in [3.63, 3.8) is 0 Å². The van der Waals surface area contributed by atoms with Crippen LogP contribution >= 0.6 is 11.6 Å². The number of alkyl halides is 3. The summed E-state index contributed by atoms with van der Waals surface area (Å²) < 4.78 is 66.3. The van der Waals surface area contributed by atoms with E-state index in [1.807, 2.05) is 32.9 Å². The zero-order valence-corrected chi connectivity index (χ0v) is 23.5. The van der Waals surface area contributed by atoms with Crippen LogP contribution in [0.2, 0.25) is 5.02 Å². The lowest BCUT2D eigenvalue weighted by Crippen LogP contribution is -2.53. The van der Waals surface area contributed by atoms with Crippen LogP contribution in [0.15, 0.2) is 42.5 Å². The molecule has 38 heavy (non-hydrogen) atoms. The third-order valence-corrected chi connectivity index (χ3v) is 7.52. The van der Waals surface area contributed by atoms with Crippen LogP contribution in [0.5, 0.6) is 0 Å². The van der Waals surface area contributed by atoms with E-state index < -0.39 is 51.2 Å². The molecule has 0 aliphatic carbocycles. The van der Waals surface area contributed by atoms with E-state index in [1.165, 1.54) is 4.90 Å². The number of halogens is 4. The van der Waals surface area contributed by atoms with Gasteiger partial charge in [0.25, 0.3) is 0 Å². The van der Waals surface area contributed by atoms with E-state index in [1.54, 1.807) is 19.1 Å². The summed E-state index contributed by atoms with van der Waals surface area (Å²) in [6.07, 6.45) is -3.15. The molecule has 2 unspecified atom stereocenters. The van der Waals surface area contributed by atoms with Gasteiger partial charge in [-0.25, -0.2) is 8.42 Å². The highest BCUT2D eigenvalue weighted by atomic mass is 35.5. The molecule has 0 aliphatic heterocycles. The molecule has 0 saturated carbocycles. The molecule has 7 nitrogen and oxygen atoms in total. The van der Waals surface area contributed by atoms with Gasteiger partial charge in [0.15, 0.2) is 0 Å². The molecule has 0 aliphatic rings. The first-order valence-electron chi connectivity index (χ1n) is 12.1. The SMILES string of the molecule is CCC(C)NC(=O)C(CC)N(Cc1cccc(C)c1)C(=O)CN(c1ccc(Cl)c(C(F)(F)F)c1)S(C)(=O)=O. The summed E-state index contributed by atoms with van der Waals surface area (Å²) in [6.45, 7) is 6.50. The second-order valence-electron chi connectivity index (χ2n) is 9.18. The van der Waals surface area contributed by atoms with Crippen LogP contribution in [0.3, 0.4) is 0 Å². The summed E-state index contributed by atoms with van der Waals surface area (Å²) >= 11 is 5.70. The quantitative estimate of drug-likeness (QED) is 0.401. The van der Waals surface area contributed by atoms with Gasteiger partial charge in [0.2, 0.25) is 21.8 Å². The van der Waals surface area contributed by atoms with Crippen molar-refractivity contribution >= 4 is 39.1 Å². The maximum atomic E-state index is 13.7. The molecular weight excluding hydrogens is 543 g/mol. The normalized spacial score (nSPS) is 13.5. The topological polar surface area (TPSA) is 86.8 Å². The lowest BCUT2D eigenvalue weighted by atomic mass is 10.1. The van der Waals surface area contributed by atoms with E-state index in [0.29, 0.717) is 22.4 Å². The number of carbonyl (C=O) groups excluding carboxylic acids is 2. The molecule has 0 heterocycles. The number of rotatable bonds is 11. The fourth-order valence-corrected chi connectivity index (χ4v) is 4.93. The van der Waals surface area contributed by atoms with Crippen LogP contribution in [0.4, 0.5) is 18.9 Å². The van der Waals surface area contributed by atoms with E-state index in [9.17, 15) is 31.2 Å². The van der Waals surface area contributed by atoms with Gasteiger partial charge in [0, 0.05) is 12.6 Å². The predicted molar refractivity (Wildman–Crippen MR) is 142 cm³/mol. The summed E-state index contributed by atoms with van der Waals surface area (Å²) in [7, 11) is -4.20. The highest BCUT2D eigenvalue weighted by Gasteiger charge is 2.36. The number of amides is 2. The van der Waals surface area contributed by atoms with Crippen molar-refractivity contribution in [3.05, 3.63) is 64.2 Å². The molecule has 0 bridgehead atoms. The fraction of sp³-hybridized carbons (Fsp3) is 0.462. The minimum Gasteiger partial charge on any atom is -0.352 e. The van der Waals surface area contributed by atoms with Gasteiger partial charge < -0.3 is 10.2 Å². The molecular formula is C26H33ClF3N3O4S. The zero-order valence-electron chi connectivity index (χ0n) is 22.0. The van der Waals surface area contributed by atoms with Crippen molar-refractivity contribution in [2.75, 3.05) is 17.1 Å². The summed E-state index contributed by atoms with van der Waals surface area (Å²) in [5, 5.41) is 2.25. The van der Waals surface area contributed by atoms with Gasteiger partial charge in [-0.05, 0) is 50.5 Å². The van der Waals surface area contributed by atoms with Crippen molar-refractivity contribution in [2.45, 2.75) is 65.3 Å². The maximum Gasteiger partial charge on any atom is 0.417 e. The Balaban J connectivity index is 2.53. The van der Waals surface area contributed by atoms with Crippen LogP contribution in [-0.4, -0.2) is 50.0 Å². The summed E-state index contributed by atoms with van der Waals surface area (Å²) in [4.78, 5) is 28.0. The van der Waals surface area contributed by atoms with Crippen LogP contribution < -0.4 is 9.62 Å². The number of nitrogens with zero attached hydrogens (tertiary/aromatic N) is 2. The summed E-state index contributed by atoms with van der Waals surface area (Å²) in [5.41, 5.74) is 0.0365. The number of hydrogen-bond acceptors (Lipinski definition) is 4. The van der Waals surface area contributed by atoms with Crippen molar-refractivity contribution < 1.29 is 31.2 Å². The van der Waals surface area contributed by atoms with Crippen LogP contribution in [0, 0.1) is 6.92 Å². The third-order valence-electron chi connectivity index (χ3n) is 6.04. The predicted octanol–water partition coefficient (Wildman–Crippen LogP) is 5.16. The summed E-state index contributed by atoms with van der Waals surface area (Å²) in [5.74, 6) is -1.15. The van der Waals surface area contributed by atoms with Crippen molar-refractivity contribution in [1.82, 2.24) is 10.2 Å². The number of carbonyl (C=O) groups is 2.